The Morgan fingerprint density at radius 3 is 1.81 bits per heavy atom. The van der Waals surface area contributed by atoms with Crippen molar-refractivity contribution in [3.63, 3.8) is 0 Å². The maximum absolute atomic E-state index is 14.4. The summed E-state index contributed by atoms with van der Waals surface area (Å²) in [4.78, 5) is 26.8. The first-order chi connectivity index (χ1) is 20.9. The molecule has 0 aliphatic carbocycles. The van der Waals surface area contributed by atoms with Gasteiger partial charge < -0.3 is 24.3 Å². The monoisotopic (exact) mass is 573 g/mol. The Bertz CT molecular complexity index is 1770. The molecule has 0 spiro atoms. The number of ketones is 1. The largest absolute Gasteiger partial charge is 0.497 e. The van der Waals surface area contributed by atoms with Gasteiger partial charge in [-0.2, -0.15) is 0 Å². The van der Waals surface area contributed by atoms with Gasteiger partial charge in [-0.05, 0) is 42.3 Å². The van der Waals surface area contributed by atoms with Gasteiger partial charge in [0.05, 0.1) is 25.5 Å². The minimum Gasteiger partial charge on any atom is -0.497 e. The lowest BCUT2D eigenvalue weighted by Crippen LogP contribution is -2.51. The van der Waals surface area contributed by atoms with E-state index in [1.165, 1.54) is 6.92 Å². The van der Waals surface area contributed by atoms with E-state index in [1.54, 1.807) is 38.5 Å². The second-order valence-corrected chi connectivity index (χ2v) is 10.4. The van der Waals surface area contributed by atoms with E-state index in [0.717, 1.165) is 16.5 Å². The Kier molecular flexibility index (Phi) is 7.24. The quantitative estimate of drug-likeness (QED) is 0.126. The number of esters is 1. The van der Waals surface area contributed by atoms with Crippen LogP contribution in [-0.2, 0) is 10.3 Å². The average molecular weight is 574 g/mol. The molecule has 6 rings (SSSR count). The lowest BCUT2D eigenvalue weighted by molar-refractivity contribution is -0.131. The number of carbonyl (C=O) groups excluding carboxylic acids is 2. The minimum absolute atomic E-state index is 0.180. The molecule has 0 fully saturated rings. The second kappa shape index (κ2) is 11.2. The topological polar surface area (TPSA) is 83.1 Å². The van der Waals surface area contributed by atoms with Crippen LogP contribution in [0.15, 0.2) is 103 Å². The van der Waals surface area contributed by atoms with Crippen LogP contribution < -0.4 is 24.3 Å². The van der Waals surface area contributed by atoms with Gasteiger partial charge in [0.1, 0.15) is 23.1 Å². The highest BCUT2D eigenvalue weighted by Crippen LogP contribution is 2.53. The molecule has 0 bridgehead atoms. The maximum atomic E-state index is 14.4. The predicted molar refractivity (Wildman–Crippen MR) is 166 cm³/mol. The van der Waals surface area contributed by atoms with E-state index < -0.39 is 17.6 Å². The molecule has 1 aliphatic rings. The number of anilines is 1. The van der Waals surface area contributed by atoms with Crippen molar-refractivity contribution in [2.24, 2.45) is 0 Å². The third-order valence-corrected chi connectivity index (χ3v) is 7.95. The van der Waals surface area contributed by atoms with Crippen molar-refractivity contribution in [3.8, 4) is 23.0 Å². The van der Waals surface area contributed by atoms with E-state index in [1.807, 2.05) is 85.8 Å². The van der Waals surface area contributed by atoms with E-state index in [0.29, 0.717) is 33.9 Å². The molecule has 1 atom stereocenters. The first-order valence-corrected chi connectivity index (χ1v) is 14.0. The Morgan fingerprint density at radius 1 is 0.744 bits per heavy atom. The van der Waals surface area contributed by atoms with E-state index in [-0.39, 0.29) is 17.1 Å². The van der Waals surface area contributed by atoms with Gasteiger partial charge in [0, 0.05) is 23.3 Å². The van der Waals surface area contributed by atoms with Crippen molar-refractivity contribution in [3.05, 3.63) is 125 Å². The molecule has 0 radical (unpaired) electrons. The molecule has 5 aromatic rings. The fraction of sp³-hybridized carbons (Fsp3) is 0.167. The summed E-state index contributed by atoms with van der Waals surface area (Å²) in [5.74, 6) is 1.27. The lowest BCUT2D eigenvalue weighted by atomic mass is 9.76. The summed E-state index contributed by atoms with van der Waals surface area (Å²) in [6.07, 6.45) is -0.454. The first-order valence-electron chi connectivity index (χ1n) is 14.0. The highest BCUT2D eigenvalue weighted by Gasteiger charge is 2.47. The van der Waals surface area contributed by atoms with Gasteiger partial charge in [-0.15, -0.1) is 0 Å². The van der Waals surface area contributed by atoms with Crippen LogP contribution in [-0.4, -0.2) is 32.1 Å². The molecule has 0 amide bonds. The van der Waals surface area contributed by atoms with Crippen LogP contribution in [0.1, 0.15) is 40.9 Å². The van der Waals surface area contributed by atoms with Crippen molar-refractivity contribution in [2.75, 3.05) is 19.5 Å². The van der Waals surface area contributed by atoms with E-state index in [4.69, 9.17) is 18.9 Å². The zero-order valence-electron chi connectivity index (χ0n) is 24.3. The molecule has 216 valence electrons. The van der Waals surface area contributed by atoms with Gasteiger partial charge in [-0.25, -0.2) is 0 Å². The fourth-order valence-corrected chi connectivity index (χ4v) is 5.87. The van der Waals surface area contributed by atoms with Crippen molar-refractivity contribution in [2.45, 2.75) is 25.5 Å². The second-order valence-electron chi connectivity index (χ2n) is 10.4. The Hall–Kier alpha value is -5.30. The van der Waals surface area contributed by atoms with Crippen LogP contribution in [0.3, 0.4) is 0 Å². The molecule has 0 saturated carbocycles. The van der Waals surface area contributed by atoms with E-state index in [9.17, 15) is 9.59 Å². The first kappa shape index (κ1) is 27.8. The van der Waals surface area contributed by atoms with Gasteiger partial charge in [-0.1, -0.05) is 78.9 Å². The smallest absolute Gasteiger partial charge is 0.308 e. The standard InChI is InChI=1S/C36H31NO6/c1-22-36(25-14-18-27(40-3)19-15-25,26-16-20-28(41-4)21-17-26)37-32-31(33(39)24-10-6-5-7-11-24)34(43-23(2)38)29-12-8-9-13-30(29)35(32)42-22/h5-22,37H,1-4H3. The van der Waals surface area contributed by atoms with Crippen molar-refractivity contribution < 1.29 is 28.5 Å². The molecule has 0 saturated heterocycles. The van der Waals surface area contributed by atoms with Crippen molar-refractivity contribution >= 4 is 28.2 Å². The zero-order chi connectivity index (χ0) is 30.1. The maximum Gasteiger partial charge on any atom is 0.308 e. The van der Waals surface area contributed by atoms with E-state index >= 15 is 0 Å². The SMILES string of the molecule is COc1ccc(C2(c3ccc(OC)cc3)Nc3c(C(=O)c4ccccc4)c(OC(C)=O)c4ccccc4c3OC2C)cc1. The average Bonchev–Trinajstić information content (AvgIpc) is 3.05. The number of nitrogens with one attached hydrogen (secondary N) is 1. The Balaban J connectivity index is 1.68. The number of fused-ring (bicyclic) bond motifs is 3. The van der Waals surface area contributed by atoms with Gasteiger partial charge in [0.15, 0.2) is 17.3 Å². The molecule has 0 aromatic heterocycles. The van der Waals surface area contributed by atoms with Crippen LogP contribution in [0.25, 0.3) is 10.8 Å². The number of ether oxygens (including phenoxy) is 4. The lowest BCUT2D eigenvalue weighted by Gasteiger charge is -2.46. The third kappa shape index (κ3) is 4.73. The molecule has 7 heteroatoms. The predicted octanol–water partition coefficient (Wildman–Crippen LogP) is 7.15. The molecular formula is C36H31NO6. The summed E-state index contributed by atoms with van der Waals surface area (Å²) in [7, 11) is 3.25. The molecule has 5 aromatic carbocycles. The molecule has 1 N–H and O–H groups in total. The molecule has 1 unspecified atom stereocenters. The Morgan fingerprint density at radius 2 is 1.28 bits per heavy atom. The number of hydrogen-bond donors (Lipinski definition) is 1. The summed E-state index contributed by atoms with van der Waals surface area (Å²) < 4.78 is 23.6. The van der Waals surface area contributed by atoms with Crippen LogP contribution in [0.5, 0.6) is 23.0 Å². The number of methoxy groups -OCH3 is 2. The molecular weight excluding hydrogens is 542 g/mol. The summed E-state index contributed by atoms with van der Waals surface area (Å²) in [5.41, 5.74) is 1.91. The normalized spacial score (nSPS) is 15.0. The molecule has 7 nitrogen and oxygen atoms in total. The number of hydrogen-bond acceptors (Lipinski definition) is 7. The van der Waals surface area contributed by atoms with Gasteiger partial charge >= 0.3 is 5.97 Å². The van der Waals surface area contributed by atoms with Crippen LogP contribution in [0.4, 0.5) is 5.69 Å². The zero-order valence-corrected chi connectivity index (χ0v) is 24.3. The summed E-state index contributed by atoms with van der Waals surface area (Å²) >= 11 is 0. The molecule has 1 heterocycles. The third-order valence-electron chi connectivity index (χ3n) is 7.95. The number of rotatable bonds is 7. The highest BCUT2D eigenvalue weighted by molar-refractivity contribution is 6.20. The van der Waals surface area contributed by atoms with Gasteiger partial charge in [0.2, 0.25) is 0 Å². The molecule has 1 aliphatic heterocycles. The summed E-state index contributed by atoms with van der Waals surface area (Å²) in [6.45, 7) is 3.33. The number of benzene rings is 5. The summed E-state index contributed by atoms with van der Waals surface area (Å²) in [6, 6.07) is 31.9. The summed E-state index contributed by atoms with van der Waals surface area (Å²) in [5, 5.41) is 5.10. The van der Waals surface area contributed by atoms with Crippen molar-refractivity contribution in [1.29, 1.82) is 0 Å². The van der Waals surface area contributed by atoms with Crippen LogP contribution >= 0.6 is 0 Å². The number of carbonyl (C=O) groups is 2. The van der Waals surface area contributed by atoms with Crippen LogP contribution in [0.2, 0.25) is 0 Å². The fourth-order valence-electron chi connectivity index (χ4n) is 5.87. The van der Waals surface area contributed by atoms with Crippen molar-refractivity contribution in [1.82, 2.24) is 0 Å². The highest BCUT2D eigenvalue weighted by atomic mass is 16.5. The van der Waals surface area contributed by atoms with E-state index in [2.05, 4.69) is 5.32 Å². The minimum atomic E-state index is -0.965. The van der Waals surface area contributed by atoms with Gasteiger partial charge in [0.25, 0.3) is 0 Å². The molecule has 43 heavy (non-hydrogen) atoms. The van der Waals surface area contributed by atoms with Gasteiger partial charge in [-0.3, -0.25) is 9.59 Å². The Labute approximate surface area is 250 Å². The van der Waals surface area contributed by atoms with Crippen LogP contribution in [0, 0.1) is 0 Å².